The summed E-state index contributed by atoms with van der Waals surface area (Å²) in [4.78, 5) is 0. The molecule has 2 nitrogen and oxygen atoms in total. The van der Waals surface area contributed by atoms with E-state index in [9.17, 15) is 5.11 Å². The van der Waals surface area contributed by atoms with E-state index in [-0.39, 0.29) is 5.75 Å². The fraction of sp³-hybridized carbons (Fsp3) is 0.538. The molecule has 88 valence electrons. The Kier molecular flexibility index (Phi) is 4.08. The van der Waals surface area contributed by atoms with Gasteiger partial charge in [-0.2, -0.15) is 0 Å². The maximum Gasteiger partial charge on any atom is 0.138 e. The van der Waals surface area contributed by atoms with E-state index in [0.717, 1.165) is 18.0 Å². The van der Waals surface area contributed by atoms with E-state index in [0.29, 0.717) is 11.6 Å². The van der Waals surface area contributed by atoms with Crippen molar-refractivity contribution in [1.82, 2.24) is 5.32 Å². The molecule has 0 heterocycles. The van der Waals surface area contributed by atoms with Crippen LogP contribution in [0, 0.1) is 5.92 Å². The third-order valence-corrected chi connectivity index (χ3v) is 3.35. The molecule has 1 aliphatic rings. The molecule has 1 aromatic rings. The lowest BCUT2D eigenvalue weighted by Crippen LogP contribution is -2.14. The van der Waals surface area contributed by atoms with Crippen molar-refractivity contribution in [3.8, 4) is 5.75 Å². The zero-order chi connectivity index (χ0) is 11.4. The van der Waals surface area contributed by atoms with Crippen LogP contribution in [0.2, 0.25) is 5.02 Å². The Morgan fingerprint density at radius 3 is 2.94 bits per heavy atom. The van der Waals surface area contributed by atoms with Crippen molar-refractivity contribution in [2.24, 2.45) is 5.92 Å². The summed E-state index contributed by atoms with van der Waals surface area (Å²) < 4.78 is 0. The summed E-state index contributed by atoms with van der Waals surface area (Å²) in [5.41, 5.74) is 0.874. The molecule has 0 aliphatic heterocycles. The van der Waals surface area contributed by atoms with Gasteiger partial charge < -0.3 is 10.4 Å². The number of phenolic OH excluding ortho intramolecular Hbond substituents is 1. The Balaban J connectivity index is 1.69. The first-order valence-corrected chi connectivity index (χ1v) is 6.32. The summed E-state index contributed by atoms with van der Waals surface area (Å²) in [5.74, 6) is 1.21. The van der Waals surface area contributed by atoms with Crippen LogP contribution in [0.15, 0.2) is 18.2 Å². The van der Waals surface area contributed by atoms with Gasteiger partial charge in [0.15, 0.2) is 0 Å². The van der Waals surface area contributed by atoms with Gasteiger partial charge in [0.2, 0.25) is 0 Å². The van der Waals surface area contributed by atoms with Crippen molar-refractivity contribution in [2.75, 3.05) is 6.54 Å². The summed E-state index contributed by atoms with van der Waals surface area (Å²) in [6.45, 7) is 1.71. The highest BCUT2D eigenvalue weighted by Crippen LogP contribution is 2.33. The zero-order valence-electron chi connectivity index (χ0n) is 9.38. The van der Waals surface area contributed by atoms with Crippen LogP contribution in [0.5, 0.6) is 5.75 Å². The Morgan fingerprint density at radius 1 is 1.38 bits per heavy atom. The lowest BCUT2D eigenvalue weighted by Gasteiger charge is -2.07. The van der Waals surface area contributed by atoms with Gasteiger partial charge in [0.1, 0.15) is 5.75 Å². The number of para-hydroxylation sites is 1. The van der Waals surface area contributed by atoms with Crippen molar-refractivity contribution < 1.29 is 5.11 Å². The summed E-state index contributed by atoms with van der Waals surface area (Å²) >= 11 is 5.83. The van der Waals surface area contributed by atoms with Gasteiger partial charge in [-0.3, -0.25) is 0 Å². The van der Waals surface area contributed by atoms with Crippen LogP contribution in [0.25, 0.3) is 0 Å². The number of nitrogens with one attached hydrogen (secondary N) is 1. The van der Waals surface area contributed by atoms with Crippen LogP contribution >= 0.6 is 11.6 Å². The molecule has 1 aliphatic carbocycles. The monoisotopic (exact) mass is 239 g/mol. The zero-order valence-corrected chi connectivity index (χ0v) is 10.1. The molecule has 1 saturated carbocycles. The van der Waals surface area contributed by atoms with Gasteiger partial charge in [-0.25, -0.2) is 0 Å². The second kappa shape index (κ2) is 5.55. The molecule has 0 radical (unpaired) electrons. The average molecular weight is 240 g/mol. The van der Waals surface area contributed by atoms with Crippen LogP contribution in [0.3, 0.4) is 0 Å². The fourth-order valence-corrected chi connectivity index (χ4v) is 2.04. The standard InChI is InChI=1S/C13H18ClNO/c14-12-5-1-4-11(13(12)16)9-15-8-2-3-10-6-7-10/h1,4-5,10,15-16H,2-3,6-9H2. The first-order chi connectivity index (χ1) is 7.77. The Morgan fingerprint density at radius 2 is 2.19 bits per heavy atom. The molecule has 16 heavy (non-hydrogen) atoms. The summed E-state index contributed by atoms with van der Waals surface area (Å²) in [5, 5.41) is 13.4. The lowest BCUT2D eigenvalue weighted by atomic mass is 10.2. The summed E-state index contributed by atoms with van der Waals surface area (Å²) in [6.07, 6.45) is 5.42. The molecule has 2 N–H and O–H groups in total. The van der Waals surface area contributed by atoms with Gasteiger partial charge in [-0.15, -0.1) is 0 Å². The molecular formula is C13H18ClNO. The van der Waals surface area contributed by atoms with Crippen molar-refractivity contribution in [2.45, 2.75) is 32.2 Å². The number of halogens is 1. The Hall–Kier alpha value is -0.730. The minimum absolute atomic E-state index is 0.207. The molecule has 1 aromatic carbocycles. The molecule has 0 unspecified atom stereocenters. The molecule has 0 bridgehead atoms. The minimum Gasteiger partial charge on any atom is -0.506 e. The number of hydrogen-bond acceptors (Lipinski definition) is 2. The van der Waals surface area contributed by atoms with Gasteiger partial charge in [0, 0.05) is 12.1 Å². The van der Waals surface area contributed by atoms with Crippen LogP contribution in [0.1, 0.15) is 31.2 Å². The van der Waals surface area contributed by atoms with Crippen LogP contribution < -0.4 is 5.32 Å². The van der Waals surface area contributed by atoms with E-state index in [1.807, 2.05) is 12.1 Å². The summed E-state index contributed by atoms with van der Waals surface area (Å²) in [6, 6.07) is 5.46. The Bertz CT molecular complexity index is 350. The highest BCUT2D eigenvalue weighted by Gasteiger charge is 2.19. The van der Waals surface area contributed by atoms with E-state index >= 15 is 0 Å². The number of hydrogen-bond donors (Lipinski definition) is 2. The molecule has 1 fully saturated rings. The van der Waals surface area contributed by atoms with Crippen LogP contribution in [0.4, 0.5) is 0 Å². The van der Waals surface area contributed by atoms with E-state index in [1.54, 1.807) is 6.07 Å². The highest BCUT2D eigenvalue weighted by atomic mass is 35.5. The third-order valence-electron chi connectivity index (χ3n) is 3.05. The number of phenols is 1. The average Bonchev–Trinajstić information content (AvgIpc) is 3.07. The van der Waals surface area contributed by atoms with E-state index < -0.39 is 0 Å². The molecule has 2 rings (SSSR count). The lowest BCUT2D eigenvalue weighted by molar-refractivity contribution is 0.464. The summed E-state index contributed by atoms with van der Waals surface area (Å²) in [7, 11) is 0. The van der Waals surface area contributed by atoms with Crippen LogP contribution in [-0.2, 0) is 6.54 Å². The second-order valence-corrected chi connectivity index (χ2v) is 4.92. The van der Waals surface area contributed by atoms with Crippen molar-refractivity contribution in [1.29, 1.82) is 0 Å². The molecule has 0 saturated heterocycles. The largest absolute Gasteiger partial charge is 0.506 e. The maximum atomic E-state index is 9.68. The second-order valence-electron chi connectivity index (χ2n) is 4.51. The van der Waals surface area contributed by atoms with Gasteiger partial charge >= 0.3 is 0 Å². The first-order valence-electron chi connectivity index (χ1n) is 5.94. The van der Waals surface area contributed by atoms with E-state index in [2.05, 4.69) is 5.32 Å². The van der Waals surface area contributed by atoms with Crippen LogP contribution in [-0.4, -0.2) is 11.7 Å². The molecule has 3 heteroatoms. The fourth-order valence-electron chi connectivity index (χ4n) is 1.85. The number of benzene rings is 1. The van der Waals surface area contributed by atoms with Gasteiger partial charge in [-0.05, 0) is 31.4 Å². The topological polar surface area (TPSA) is 32.3 Å². The maximum absolute atomic E-state index is 9.68. The van der Waals surface area contributed by atoms with Gasteiger partial charge in [-0.1, -0.05) is 36.6 Å². The smallest absolute Gasteiger partial charge is 0.138 e. The predicted octanol–water partition coefficient (Wildman–Crippen LogP) is 3.33. The van der Waals surface area contributed by atoms with E-state index in [4.69, 9.17) is 11.6 Å². The van der Waals surface area contributed by atoms with E-state index in [1.165, 1.54) is 25.7 Å². The molecular weight excluding hydrogens is 222 g/mol. The molecule has 0 amide bonds. The SMILES string of the molecule is Oc1c(Cl)cccc1CNCCCC1CC1. The normalized spacial score (nSPS) is 15.3. The quantitative estimate of drug-likeness (QED) is 0.747. The van der Waals surface area contributed by atoms with Gasteiger partial charge in [0.25, 0.3) is 0 Å². The Labute approximate surface area is 102 Å². The number of rotatable bonds is 6. The first kappa shape index (κ1) is 11.7. The van der Waals surface area contributed by atoms with Gasteiger partial charge in [0.05, 0.1) is 5.02 Å². The number of aromatic hydroxyl groups is 1. The predicted molar refractivity (Wildman–Crippen MR) is 66.8 cm³/mol. The van der Waals surface area contributed by atoms with Crippen molar-refractivity contribution >= 4 is 11.6 Å². The minimum atomic E-state index is 0.207. The van der Waals surface area contributed by atoms with Crippen molar-refractivity contribution in [3.63, 3.8) is 0 Å². The van der Waals surface area contributed by atoms with Crippen molar-refractivity contribution in [3.05, 3.63) is 28.8 Å². The molecule has 0 spiro atoms. The molecule has 0 aromatic heterocycles. The third kappa shape index (κ3) is 3.39. The highest BCUT2D eigenvalue weighted by molar-refractivity contribution is 6.32. The molecule has 0 atom stereocenters.